The molecule has 3 heterocycles. The van der Waals surface area contributed by atoms with Gasteiger partial charge in [0.2, 0.25) is 5.91 Å². The molecule has 1 amide bonds. The number of rotatable bonds is 5. The second kappa shape index (κ2) is 8.49. The average molecular weight is 428 g/mol. The van der Waals surface area contributed by atoms with Crippen molar-refractivity contribution in [1.82, 2.24) is 19.8 Å². The largest absolute Gasteiger partial charge is 0.383 e. The lowest BCUT2D eigenvalue weighted by atomic mass is 10.1. The molecule has 0 unspecified atom stereocenters. The van der Waals surface area contributed by atoms with Gasteiger partial charge in [0.15, 0.2) is 0 Å². The predicted octanol–water partition coefficient (Wildman–Crippen LogP) is 3.67. The maximum atomic E-state index is 12.6. The summed E-state index contributed by atoms with van der Waals surface area (Å²) < 4.78 is 0.791. The van der Waals surface area contributed by atoms with Gasteiger partial charge in [0.05, 0.1) is 16.4 Å². The van der Waals surface area contributed by atoms with Gasteiger partial charge in [-0.25, -0.2) is 9.97 Å². The third kappa shape index (κ3) is 4.58. The fourth-order valence-electron chi connectivity index (χ4n) is 3.42. The number of allylic oxidation sites excluding steroid dienone is 1. The quantitative estimate of drug-likeness (QED) is 0.672. The van der Waals surface area contributed by atoms with E-state index in [1.807, 2.05) is 35.2 Å². The molecule has 0 radical (unpaired) electrons. The Balaban J connectivity index is 1.36. The summed E-state index contributed by atoms with van der Waals surface area (Å²) in [6.07, 6.45) is 3.63. The van der Waals surface area contributed by atoms with E-state index < -0.39 is 0 Å². The van der Waals surface area contributed by atoms with E-state index in [1.54, 1.807) is 11.3 Å². The zero-order valence-corrected chi connectivity index (χ0v) is 17.7. The summed E-state index contributed by atoms with van der Waals surface area (Å²) in [5.74, 6) is 0.614. The Kier molecular flexibility index (Phi) is 5.80. The highest BCUT2D eigenvalue weighted by molar-refractivity contribution is 7.17. The van der Waals surface area contributed by atoms with Crippen LogP contribution in [0, 0.1) is 0 Å². The molecule has 0 saturated carbocycles. The Morgan fingerprint density at radius 2 is 2.14 bits per heavy atom. The molecule has 1 fully saturated rings. The molecule has 0 spiro atoms. The van der Waals surface area contributed by atoms with Crippen LogP contribution in [-0.4, -0.2) is 51.9 Å². The first-order chi connectivity index (χ1) is 14.0. The summed E-state index contributed by atoms with van der Waals surface area (Å²) in [7, 11) is 0. The molecule has 0 atom stereocenters. The van der Waals surface area contributed by atoms with Crippen LogP contribution in [-0.2, 0) is 11.3 Å². The molecule has 4 rings (SSSR count). The van der Waals surface area contributed by atoms with E-state index in [0.29, 0.717) is 25.5 Å². The summed E-state index contributed by atoms with van der Waals surface area (Å²) >= 11 is 7.59. The first-order valence-electron chi connectivity index (χ1n) is 9.41. The van der Waals surface area contributed by atoms with Crippen molar-refractivity contribution in [3.63, 3.8) is 0 Å². The highest BCUT2D eigenvalue weighted by Crippen LogP contribution is 2.27. The van der Waals surface area contributed by atoms with Crippen LogP contribution in [0.2, 0.25) is 4.34 Å². The molecule has 0 bridgehead atoms. The van der Waals surface area contributed by atoms with E-state index in [4.69, 9.17) is 17.3 Å². The molecular weight excluding hydrogens is 406 g/mol. The number of halogens is 1. The summed E-state index contributed by atoms with van der Waals surface area (Å²) in [4.78, 5) is 26.2. The van der Waals surface area contributed by atoms with Gasteiger partial charge < -0.3 is 10.6 Å². The van der Waals surface area contributed by atoms with Crippen molar-refractivity contribution in [2.24, 2.45) is 0 Å². The number of nitrogen functional groups attached to an aromatic ring is 1. The number of hydrogen-bond donors (Lipinski definition) is 1. The molecule has 8 heteroatoms. The summed E-state index contributed by atoms with van der Waals surface area (Å²) in [5, 5.41) is 0.835. The van der Waals surface area contributed by atoms with Crippen LogP contribution in [0.3, 0.4) is 0 Å². The number of anilines is 1. The number of fused-ring (bicyclic) bond motifs is 1. The lowest BCUT2D eigenvalue weighted by Crippen LogP contribution is -2.49. The SMILES string of the molecule is CC(=CCN1CCN(Cc2ccc3c(N)ncnc3c2)C(=O)C1)c1ccc(Cl)s1. The average Bonchev–Trinajstić information content (AvgIpc) is 3.14. The van der Waals surface area contributed by atoms with Gasteiger partial charge in [-0.15, -0.1) is 11.3 Å². The second-order valence-electron chi connectivity index (χ2n) is 7.15. The topological polar surface area (TPSA) is 75.3 Å². The fourth-order valence-corrected chi connectivity index (χ4v) is 4.45. The van der Waals surface area contributed by atoms with E-state index >= 15 is 0 Å². The van der Waals surface area contributed by atoms with E-state index in [1.165, 1.54) is 16.8 Å². The Morgan fingerprint density at radius 3 is 2.90 bits per heavy atom. The number of nitrogens with two attached hydrogens (primary N) is 1. The van der Waals surface area contributed by atoms with Crippen LogP contribution in [0.25, 0.3) is 16.5 Å². The van der Waals surface area contributed by atoms with Crippen LogP contribution in [0.1, 0.15) is 17.4 Å². The molecule has 150 valence electrons. The molecule has 1 aromatic carbocycles. The number of amides is 1. The molecule has 0 aliphatic carbocycles. The highest BCUT2D eigenvalue weighted by Gasteiger charge is 2.23. The molecule has 1 aliphatic heterocycles. The molecular formula is C21H22ClN5OS. The predicted molar refractivity (Wildman–Crippen MR) is 119 cm³/mol. The van der Waals surface area contributed by atoms with Crippen LogP contribution in [0.4, 0.5) is 5.82 Å². The van der Waals surface area contributed by atoms with Crippen molar-refractivity contribution in [3.8, 4) is 0 Å². The minimum absolute atomic E-state index is 0.142. The minimum Gasteiger partial charge on any atom is -0.383 e. The molecule has 6 nitrogen and oxygen atoms in total. The van der Waals surface area contributed by atoms with E-state index in [-0.39, 0.29) is 5.91 Å². The second-order valence-corrected chi connectivity index (χ2v) is 8.87. The Bertz CT molecular complexity index is 1080. The van der Waals surface area contributed by atoms with E-state index in [9.17, 15) is 4.79 Å². The number of carbonyl (C=O) groups excluding carboxylic acids is 1. The zero-order chi connectivity index (χ0) is 20.4. The summed E-state index contributed by atoms with van der Waals surface area (Å²) in [6, 6.07) is 9.83. The Labute approximate surface area is 178 Å². The Morgan fingerprint density at radius 1 is 1.28 bits per heavy atom. The van der Waals surface area contributed by atoms with Gasteiger partial charge in [-0.3, -0.25) is 9.69 Å². The van der Waals surface area contributed by atoms with Crippen molar-refractivity contribution < 1.29 is 4.79 Å². The van der Waals surface area contributed by atoms with E-state index in [2.05, 4.69) is 27.9 Å². The number of piperazine rings is 1. The third-order valence-corrected chi connectivity index (χ3v) is 6.49. The van der Waals surface area contributed by atoms with Gasteiger partial charge in [-0.1, -0.05) is 23.7 Å². The standard InChI is InChI=1S/C21H22ClN5OS/c1-14(18-4-5-19(22)29-18)6-7-26-8-9-27(20(28)12-26)11-15-2-3-16-17(10-15)24-13-25-21(16)23/h2-6,10,13H,7-9,11-12H2,1H3,(H2,23,24,25). The number of hydrogen-bond acceptors (Lipinski definition) is 6. The van der Waals surface area contributed by atoms with Crippen LogP contribution in [0.5, 0.6) is 0 Å². The Hall–Kier alpha value is -2.48. The normalized spacial score (nSPS) is 16.0. The summed E-state index contributed by atoms with van der Waals surface area (Å²) in [6.45, 7) is 5.40. The van der Waals surface area contributed by atoms with Gasteiger partial charge >= 0.3 is 0 Å². The zero-order valence-electron chi connectivity index (χ0n) is 16.1. The molecule has 1 aliphatic rings. The lowest BCUT2D eigenvalue weighted by Gasteiger charge is -2.34. The van der Waals surface area contributed by atoms with Crippen molar-refractivity contribution in [2.75, 3.05) is 31.9 Å². The molecule has 29 heavy (non-hydrogen) atoms. The van der Waals surface area contributed by atoms with Crippen LogP contribution >= 0.6 is 22.9 Å². The fraction of sp³-hybridized carbons (Fsp3) is 0.286. The smallest absolute Gasteiger partial charge is 0.237 e. The number of benzene rings is 1. The van der Waals surface area contributed by atoms with Gasteiger partial charge in [-0.05, 0) is 42.3 Å². The van der Waals surface area contributed by atoms with Crippen molar-refractivity contribution >= 4 is 51.1 Å². The third-order valence-electron chi connectivity index (χ3n) is 5.12. The first kappa shape index (κ1) is 19.8. The monoisotopic (exact) mass is 427 g/mol. The van der Waals surface area contributed by atoms with Crippen LogP contribution < -0.4 is 5.73 Å². The molecule has 2 aromatic heterocycles. The maximum absolute atomic E-state index is 12.6. The first-order valence-corrected chi connectivity index (χ1v) is 10.6. The molecule has 3 aromatic rings. The van der Waals surface area contributed by atoms with Gasteiger partial charge in [0, 0.05) is 36.4 Å². The number of nitrogens with zero attached hydrogens (tertiary/aromatic N) is 4. The van der Waals surface area contributed by atoms with E-state index in [0.717, 1.165) is 33.9 Å². The molecule has 1 saturated heterocycles. The van der Waals surface area contributed by atoms with Crippen molar-refractivity contribution in [1.29, 1.82) is 0 Å². The summed E-state index contributed by atoms with van der Waals surface area (Å²) in [5.41, 5.74) is 8.92. The lowest BCUT2D eigenvalue weighted by molar-refractivity contribution is -0.136. The maximum Gasteiger partial charge on any atom is 0.237 e. The van der Waals surface area contributed by atoms with Gasteiger partial charge in [-0.2, -0.15) is 0 Å². The highest BCUT2D eigenvalue weighted by atomic mass is 35.5. The van der Waals surface area contributed by atoms with Gasteiger partial charge in [0.25, 0.3) is 0 Å². The molecule has 2 N–H and O–H groups in total. The minimum atomic E-state index is 0.142. The number of thiophene rings is 1. The number of aromatic nitrogens is 2. The number of carbonyl (C=O) groups is 1. The van der Waals surface area contributed by atoms with Gasteiger partial charge in [0.1, 0.15) is 12.1 Å². The van der Waals surface area contributed by atoms with Crippen molar-refractivity contribution in [3.05, 3.63) is 57.5 Å². The van der Waals surface area contributed by atoms with Crippen LogP contribution in [0.15, 0.2) is 42.7 Å². The van der Waals surface area contributed by atoms with Crippen molar-refractivity contribution in [2.45, 2.75) is 13.5 Å².